The van der Waals surface area contributed by atoms with Gasteiger partial charge in [-0.15, -0.1) is 0 Å². The van der Waals surface area contributed by atoms with Crippen LogP contribution in [0.25, 0.3) is 22.4 Å². The van der Waals surface area contributed by atoms with Gasteiger partial charge in [0.1, 0.15) is 11.6 Å². The number of nitrogens with zero attached hydrogens (tertiary/aromatic N) is 2. The summed E-state index contributed by atoms with van der Waals surface area (Å²) in [5.41, 5.74) is 7.35. The van der Waals surface area contributed by atoms with Crippen molar-refractivity contribution in [3.05, 3.63) is 77.4 Å². The van der Waals surface area contributed by atoms with Crippen LogP contribution in [0.3, 0.4) is 0 Å². The van der Waals surface area contributed by atoms with Crippen LogP contribution in [-0.2, 0) is 4.74 Å². The number of amides is 1. The Hall–Kier alpha value is -4.32. The fraction of sp³-hybridized carbons (Fsp3) is 0.185. The van der Waals surface area contributed by atoms with Crippen LogP contribution in [0.1, 0.15) is 21.5 Å². The van der Waals surface area contributed by atoms with E-state index < -0.39 is 5.91 Å². The van der Waals surface area contributed by atoms with E-state index in [1.165, 1.54) is 0 Å². The van der Waals surface area contributed by atoms with Gasteiger partial charge in [-0.05, 0) is 48.5 Å². The summed E-state index contributed by atoms with van der Waals surface area (Å²) in [7, 11) is 1.64. The van der Waals surface area contributed by atoms with Crippen LogP contribution in [0.2, 0.25) is 0 Å². The smallest absolute Gasteiger partial charge is 0.274 e. The van der Waals surface area contributed by atoms with Crippen LogP contribution in [0, 0.1) is 11.8 Å². The van der Waals surface area contributed by atoms with Crippen molar-refractivity contribution in [2.24, 2.45) is 0 Å². The number of morpholine rings is 1. The van der Waals surface area contributed by atoms with E-state index in [1.54, 1.807) is 36.9 Å². The Morgan fingerprint density at radius 2 is 1.83 bits per heavy atom. The largest absolute Gasteiger partial charge is 0.497 e. The normalized spacial score (nSPS) is 13.3. The minimum atomic E-state index is -0.559. The summed E-state index contributed by atoms with van der Waals surface area (Å²) < 4.78 is 10.8. The molecule has 3 aromatic carbocycles. The first-order valence-electron chi connectivity index (χ1n) is 11.2. The fourth-order valence-corrected chi connectivity index (χ4v) is 4.01. The molecule has 0 spiro atoms. The van der Waals surface area contributed by atoms with E-state index >= 15 is 0 Å². The molecule has 1 aliphatic heterocycles. The molecule has 8 heteroatoms. The highest BCUT2D eigenvalue weighted by Crippen LogP contribution is 2.29. The Morgan fingerprint density at radius 1 is 1.09 bits per heavy atom. The summed E-state index contributed by atoms with van der Waals surface area (Å²) >= 11 is 0. The van der Waals surface area contributed by atoms with Crippen molar-refractivity contribution >= 4 is 22.6 Å². The number of imidazole rings is 1. The quantitative estimate of drug-likeness (QED) is 0.241. The lowest BCUT2D eigenvalue weighted by atomic mass is 10.1. The number of hydroxylamine groups is 1. The third-order valence-electron chi connectivity index (χ3n) is 5.90. The van der Waals surface area contributed by atoms with Gasteiger partial charge in [0.2, 0.25) is 0 Å². The van der Waals surface area contributed by atoms with Crippen LogP contribution < -0.4 is 15.1 Å². The number of ether oxygens (including phenoxy) is 2. The maximum Gasteiger partial charge on any atom is 0.274 e. The van der Waals surface area contributed by atoms with Crippen molar-refractivity contribution in [3.8, 4) is 29.0 Å². The molecule has 5 rings (SSSR count). The molecule has 1 aliphatic rings. The van der Waals surface area contributed by atoms with E-state index in [0.717, 1.165) is 52.3 Å². The van der Waals surface area contributed by atoms with Crippen molar-refractivity contribution in [2.75, 3.05) is 38.3 Å². The highest BCUT2D eigenvalue weighted by molar-refractivity contribution is 5.94. The zero-order chi connectivity index (χ0) is 24.2. The minimum absolute atomic E-state index is 0.359. The number of H-pyrrole nitrogens is 1. The van der Waals surface area contributed by atoms with Crippen LogP contribution in [-0.4, -0.2) is 54.5 Å². The summed E-state index contributed by atoms with van der Waals surface area (Å²) in [6.07, 6.45) is 0. The number of aromatic nitrogens is 2. The van der Waals surface area contributed by atoms with Crippen LogP contribution in [0.4, 0.5) is 5.69 Å². The van der Waals surface area contributed by atoms with Crippen molar-refractivity contribution in [3.63, 3.8) is 0 Å². The van der Waals surface area contributed by atoms with E-state index in [9.17, 15) is 4.79 Å². The number of hydrogen-bond donors (Lipinski definition) is 3. The molecular formula is C27H24N4O4. The number of carbonyl (C=O) groups excluding carboxylic acids is 1. The van der Waals surface area contributed by atoms with Gasteiger partial charge < -0.3 is 19.4 Å². The molecule has 0 bridgehead atoms. The second-order valence-electron chi connectivity index (χ2n) is 8.07. The number of anilines is 1. The third-order valence-corrected chi connectivity index (χ3v) is 5.90. The summed E-state index contributed by atoms with van der Waals surface area (Å²) in [4.78, 5) is 22.0. The number of rotatable bonds is 4. The van der Waals surface area contributed by atoms with Crippen molar-refractivity contribution < 1.29 is 19.5 Å². The summed E-state index contributed by atoms with van der Waals surface area (Å²) in [5.74, 6) is 7.52. The molecule has 8 nitrogen and oxygen atoms in total. The average Bonchev–Trinajstić information content (AvgIpc) is 3.35. The number of hydrogen-bond acceptors (Lipinski definition) is 6. The second-order valence-corrected chi connectivity index (χ2v) is 8.07. The predicted octanol–water partition coefficient (Wildman–Crippen LogP) is 3.59. The number of aromatic amines is 1. The minimum Gasteiger partial charge on any atom is -0.497 e. The van der Waals surface area contributed by atoms with E-state index in [2.05, 4.69) is 27.8 Å². The molecule has 0 radical (unpaired) electrons. The van der Waals surface area contributed by atoms with Crippen molar-refractivity contribution in [2.45, 2.75) is 0 Å². The van der Waals surface area contributed by atoms with Gasteiger partial charge in [-0.1, -0.05) is 24.0 Å². The third kappa shape index (κ3) is 4.82. The maximum absolute atomic E-state index is 11.6. The Bertz CT molecular complexity index is 1410. The highest BCUT2D eigenvalue weighted by Gasteiger charge is 2.17. The van der Waals surface area contributed by atoms with Crippen molar-refractivity contribution in [1.29, 1.82) is 0 Å². The van der Waals surface area contributed by atoms with Gasteiger partial charge in [-0.3, -0.25) is 10.0 Å². The Labute approximate surface area is 202 Å². The van der Waals surface area contributed by atoms with Gasteiger partial charge in [0, 0.05) is 29.8 Å². The number of fused-ring (bicyclic) bond motifs is 1. The van der Waals surface area contributed by atoms with Gasteiger partial charge in [0.15, 0.2) is 0 Å². The lowest BCUT2D eigenvalue weighted by Crippen LogP contribution is -2.36. The van der Waals surface area contributed by atoms with E-state index in [1.807, 2.05) is 30.3 Å². The first-order chi connectivity index (χ1) is 17.1. The van der Waals surface area contributed by atoms with Crippen LogP contribution in [0.15, 0.2) is 60.7 Å². The molecule has 1 aromatic heterocycles. The monoisotopic (exact) mass is 468 g/mol. The molecule has 1 saturated heterocycles. The molecule has 0 saturated carbocycles. The van der Waals surface area contributed by atoms with Crippen LogP contribution >= 0.6 is 0 Å². The van der Waals surface area contributed by atoms with Gasteiger partial charge in [0.05, 0.1) is 42.6 Å². The standard InChI is InChI=1S/C27H24N4O4/c1-34-22-10-3-18(4-11-22)2-5-21-16-23-24(17-25(21)31-12-14-35-15-13-31)29-26(28-23)19-6-8-20(9-7-19)27(32)30-33/h3-4,6-11,16-17,33H,12-15H2,1H3,(H,28,29)(H,30,32). The number of carbonyl (C=O) groups is 1. The maximum atomic E-state index is 11.6. The molecule has 1 fully saturated rings. The van der Waals surface area contributed by atoms with Crippen LogP contribution in [0.5, 0.6) is 5.75 Å². The van der Waals surface area contributed by atoms with Crippen molar-refractivity contribution in [1.82, 2.24) is 15.4 Å². The molecule has 3 N–H and O–H groups in total. The lowest BCUT2D eigenvalue weighted by Gasteiger charge is -2.29. The zero-order valence-electron chi connectivity index (χ0n) is 19.2. The topological polar surface area (TPSA) is 99.7 Å². The van der Waals surface area contributed by atoms with E-state index in [-0.39, 0.29) is 0 Å². The number of nitrogens with one attached hydrogen (secondary N) is 2. The second kappa shape index (κ2) is 9.89. The molecule has 0 unspecified atom stereocenters. The molecular weight excluding hydrogens is 444 g/mol. The molecule has 176 valence electrons. The molecule has 0 aliphatic carbocycles. The molecule has 2 heterocycles. The van der Waals surface area contributed by atoms with E-state index in [0.29, 0.717) is 24.6 Å². The zero-order valence-corrected chi connectivity index (χ0v) is 19.2. The molecule has 35 heavy (non-hydrogen) atoms. The molecule has 0 atom stereocenters. The lowest BCUT2D eigenvalue weighted by molar-refractivity contribution is 0.0706. The SMILES string of the molecule is COc1ccc(C#Cc2cc3[nH]c(-c4ccc(C(=O)NO)cc4)nc3cc2N2CCOCC2)cc1. The number of methoxy groups -OCH3 is 1. The van der Waals surface area contributed by atoms with Gasteiger partial charge in [-0.25, -0.2) is 10.5 Å². The summed E-state index contributed by atoms with van der Waals surface area (Å²) in [6.45, 7) is 2.91. The number of benzene rings is 3. The summed E-state index contributed by atoms with van der Waals surface area (Å²) in [5, 5.41) is 8.82. The Balaban J connectivity index is 1.53. The Morgan fingerprint density at radius 3 is 2.51 bits per heavy atom. The summed E-state index contributed by atoms with van der Waals surface area (Å²) in [6, 6.07) is 18.6. The first kappa shape index (κ1) is 22.5. The highest BCUT2D eigenvalue weighted by atomic mass is 16.5. The van der Waals surface area contributed by atoms with Gasteiger partial charge >= 0.3 is 0 Å². The van der Waals surface area contributed by atoms with Gasteiger partial charge in [0.25, 0.3) is 5.91 Å². The Kier molecular flexibility index (Phi) is 6.35. The molecule has 4 aromatic rings. The fourth-order valence-electron chi connectivity index (χ4n) is 4.01. The average molecular weight is 469 g/mol. The molecule has 1 amide bonds. The van der Waals surface area contributed by atoms with E-state index in [4.69, 9.17) is 19.7 Å². The first-order valence-corrected chi connectivity index (χ1v) is 11.2. The van der Waals surface area contributed by atoms with Gasteiger partial charge in [-0.2, -0.15) is 0 Å². The predicted molar refractivity (Wildman–Crippen MR) is 133 cm³/mol.